The predicted molar refractivity (Wildman–Crippen MR) is 194 cm³/mol. The van der Waals surface area contributed by atoms with Gasteiger partial charge in [0, 0.05) is 12.1 Å². The maximum absolute atomic E-state index is 15.0. The molecule has 276 valence electrons. The third-order valence-corrected chi connectivity index (χ3v) is 7.57. The Kier molecular flexibility index (Phi) is 12.0. The van der Waals surface area contributed by atoms with Crippen molar-refractivity contribution in [3.63, 3.8) is 0 Å². The fourth-order valence-electron chi connectivity index (χ4n) is 4.72. The molecule has 0 bridgehead atoms. The molecule has 0 aliphatic heterocycles. The average Bonchev–Trinajstić information content (AvgIpc) is 3.44. The third-order valence-electron chi connectivity index (χ3n) is 6.84. The molecule has 0 radical (unpaired) electrons. The Morgan fingerprint density at radius 2 is 1.42 bits per heavy atom. The molecule has 4 amide bonds. The molecule has 0 saturated carbocycles. The van der Waals surface area contributed by atoms with E-state index < -0.39 is 29.4 Å². The van der Waals surface area contributed by atoms with E-state index >= 15 is 0 Å². The molecule has 2 heterocycles. The summed E-state index contributed by atoms with van der Waals surface area (Å²) in [4.78, 5) is 66.0. The van der Waals surface area contributed by atoms with Gasteiger partial charge in [0.05, 0.1) is 20.8 Å². The van der Waals surface area contributed by atoms with E-state index in [-0.39, 0.29) is 56.9 Å². The zero-order chi connectivity index (χ0) is 38.5. The number of ether oxygens (including phenoxy) is 4. The van der Waals surface area contributed by atoms with Crippen molar-refractivity contribution in [3.05, 3.63) is 75.5 Å². The summed E-state index contributed by atoms with van der Waals surface area (Å²) in [6.07, 6.45) is 0.390. The number of aryl methyl sites for hydroxylation is 1. The van der Waals surface area contributed by atoms with Crippen LogP contribution < -0.4 is 28.9 Å². The lowest BCUT2D eigenvalue weighted by Gasteiger charge is -2.32. The molecule has 0 spiro atoms. The summed E-state index contributed by atoms with van der Waals surface area (Å²) in [5.74, 6) is -0.204. The summed E-state index contributed by atoms with van der Waals surface area (Å²) in [5.41, 5.74) is -1.85. The van der Waals surface area contributed by atoms with Crippen LogP contribution in [0.3, 0.4) is 0 Å². The highest BCUT2D eigenvalue weighted by Crippen LogP contribution is 2.47. The lowest BCUT2D eigenvalue weighted by atomic mass is 10.2. The summed E-state index contributed by atoms with van der Waals surface area (Å²) in [6.45, 7) is 9.68. The summed E-state index contributed by atoms with van der Waals surface area (Å²) in [6, 6.07) is 10.5. The van der Waals surface area contributed by atoms with E-state index in [9.17, 15) is 19.3 Å². The fourth-order valence-corrected chi connectivity index (χ4v) is 5.39. The highest BCUT2D eigenvalue weighted by Gasteiger charge is 2.39. The number of methoxy groups -OCH3 is 2. The van der Waals surface area contributed by atoms with Gasteiger partial charge in [-0.25, -0.2) is 29.3 Å². The molecule has 16 nitrogen and oxygen atoms in total. The second kappa shape index (κ2) is 15.8. The molecule has 1 N–H and O–H groups in total. The number of nitroso groups, excluding NO2 is 1. The minimum atomic E-state index is -1.14. The highest BCUT2D eigenvalue weighted by molar-refractivity contribution is 6.43. The number of amides is 4. The largest absolute Gasteiger partial charge is 0.495 e. The van der Waals surface area contributed by atoms with Gasteiger partial charge in [0.15, 0.2) is 7.05 Å². The molecule has 0 aliphatic carbocycles. The van der Waals surface area contributed by atoms with Gasteiger partial charge in [-0.2, -0.15) is 4.90 Å². The minimum Gasteiger partial charge on any atom is -0.495 e. The van der Waals surface area contributed by atoms with Gasteiger partial charge >= 0.3 is 18.2 Å². The van der Waals surface area contributed by atoms with Crippen LogP contribution in [-0.4, -0.2) is 58.7 Å². The van der Waals surface area contributed by atoms with Crippen LogP contribution >= 0.6 is 23.2 Å². The second-order valence-electron chi connectivity index (χ2n) is 13.2. The molecule has 18 heteroatoms. The van der Waals surface area contributed by atoms with Crippen molar-refractivity contribution >= 4 is 70.2 Å². The number of imide groups is 1. The fraction of sp³-hybridized carbons (Fsp3) is 0.353. The number of nitrogens with one attached hydrogen (secondary N) is 1. The molecule has 4 aromatic rings. The normalized spacial score (nSPS) is 11.4. The first-order chi connectivity index (χ1) is 24.4. The van der Waals surface area contributed by atoms with Gasteiger partial charge in [-0.1, -0.05) is 53.5 Å². The molecule has 0 saturated heterocycles. The Bertz CT molecular complexity index is 1930. The molecule has 0 fully saturated rings. The van der Waals surface area contributed by atoms with Gasteiger partial charge in [-0.15, -0.1) is 14.7 Å². The SMILES string of the molecule is COc1cc(OC)c(Cl)c(N(C(=O)OC(C)(C)C)C(=O)N(Cc2ccccc2)c2cc(N(C(=O)OC(C)(C)C)c3[nH][n+](C)cc3N=O)ncn2)c1Cl. The number of aromatic amines is 1. The zero-order valence-electron chi connectivity index (χ0n) is 30.1. The quantitative estimate of drug-likeness (QED) is 0.130. The monoisotopic (exact) mass is 757 g/mol. The van der Waals surface area contributed by atoms with E-state index in [2.05, 4.69) is 20.2 Å². The minimum absolute atomic E-state index is 0.0462. The van der Waals surface area contributed by atoms with Gasteiger partial charge in [-0.3, -0.25) is 4.90 Å². The van der Waals surface area contributed by atoms with E-state index in [1.54, 1.807) is 78.9 Å². The van der Waals surface area contributed by atoms with E-state index in [1.165, 1.54) is 37.2 Å². The first kappa shape index (κ1) is 39.3. The summed E-state index contributed by atoms with van der Waals surface area (Å²) < 4.78 is 23.6. The Balaban J connectivity index is 1.99. The Labute approximate surface area is 310 Å². The van der Waals surface area contributed by atoms with E-state index in [0.717, 1.165) is 16.1 Å². The third kappa shape index (κ3) is 9.05. The van der Waals surface area contributed by atoms with E-state index in [0.29, 0.717) is 10.5 Å². The molecule has 0 unspecified atom stereocenters. The highest BCUT2D eigenvalue weighted by atomic mass is 35.5. The number of nitrogens with zero attached hydrogens (tertiary/aromatic N) is 7. The topological polar surface area (TPSA) is 173 Å². The van der Waals surface area contributed by atoms with Gasteiger partial charge in [-0.05, 0) is 52.3 Å². The number of anilines is 4. The average molecular weight is 759 g/mol. The number of halogens is 2. The summed E-state index contributed by atoms with van der Waals surface area (Å²) in [5, 5.41) is 5.52. The van der Waals surface area contributed by atoms with Gasteiger partial charge in [0.1, 0.15) is 56.4 Å². The van der Waals surface area contributed by atoms with Crippen LogP contribution in [0.4, 0.5) is 43.2 Å². The number of hydrogen-bond acceptors (Lipinski definition) is 11. The van der Waals surface area contributed by atoms with Gasteiger partial charge < -0.3 is 18.9 Å². The maximum Gasteiger partial charge on any atom is 0.423 e. The van der Waals surface area contributed by atoms with Crippen LogP contribution in [0.1, 0.15) is 47.1 Å². The molecule has 0 aliphatic rings. The number of H-pyrrole nitrogens is 1. The first-order valence-corrected chi connectivity index (χ1v) is 16.4. The van der Waals surface area contributed by atoms with Crippen LogP contribution in [0, 0.1) is 4.91 Å². The number of carbonyl (C=O) groups excluding carboxylic acids is 3. The molecule has 4 rings (SSSR count). The molecular formula is C34H39Cl2N8O8+. The van der Waals surface area contributed by atoms with E-state index in [1.807, 2.05) is 0 Å². The van der Waals surface area contributed by atoms with Crippen molar-refractivity contribution in [1.29, 1.82) is 0 Å². The van der Waals surface area contributed by atoms with Crippen molar-refractivity contribution in [2.24, 2.45) is 12.2 Å². The zero-order valence-corrected chi connectivity index (χ0v) is 31.6. The number of hydrogen-bond donors (Lipinski definition) is 1. The van der Waals surface area contributed by atoms with Crippen molar-refractivity contribution < 1.29 is 38.0 Å². The van der Waals surface area contributed by atoms with Crippen LogP contribution in [-0.2, 0) is 23.1 Å². The van der Waals surface area contributed by atoms with Crippen LogP contribution in [0.15, 0.2) is 60.2 Å². The lowest BCUT2D eigenvalue weighted by Crippen LogP contribution is -2.49. The lowest BCUT2D eigenvalue weighted by molar-refractivity contribution is -0.725. The summed E-state index contributed by atoms with van der Waals surface area (Å²) in [7, 11) is 4.27. The van der Waals surface area contributed by atoms with Gasteiger partial charge in [0.25, 0.3) is 0 Å². The summed E-state index contributed by atoms with van der Waals surface area (Å²) >= 11 is 13.5. The number of aromatic nitrogens is 4. The molecule has 52 heavy (non-hydrogen) atoms. The van der Waals surface area contributed by atoms with Gasteiger partial charge in [0.2, 0.25) is 17.7 Å². The Morgan fingerprint density at radius 3 is 1.96 bits per heavy atom. The van der Waals surface area contributed by atoms with Crippen LogP contribution in [0.2, 0.25) is 10.0 Å². The standard InChI is InChI=1S/C34H38Cl2N8O8/c1-33(2,3)51-31(46)43(29-21(40-48)18-41(7)39-29)25-16-24(37-19-38-25)42(17-20-13-11-10-12-14-20)30(45)44(32(47)52-34(4,5)6)28-26(35)22(49-8)15-23(50-9)27(28)36/h10-16,18-19H,17H2,1-9H3/p+1. The Morgan fingerprint density at radius 1 is 0.865 bits per heavy atom. The molecule has 2 aromatic heterocycles. The first-order valence-electron chi connectivity index (χ1n) is 15.6. The number of benzene rings is 2. The number of urea groups is 1. The van der Waals surface area contributed by atoms with Crippen LogP contribution in [0.25, 0.3) is 0 Å². The second-order valence-corrected chi connectivity index (χ2v) is 13.9. The van der Waals surface area contributed by atoms with Crippen LogP contribution in [0.5, 0.6) is 11.5 Å². The maximum atomic E-state index is 15.0. The Hall–Kier alpha value is -5.48. The predicted octanol–water partition coefficient (Wildman–Crippen LogP) is 7.99. The van der Waals surface area contributed by atoms with Crippen molar-refractivity contribution in [2.75, 3.05) is 28.9 Å². The van der Waals surface area contributed by atoms with Crippen molar-refractivity contribution in [3.8, 4) is 11.5 Å². The number of rotatable bonds is 9. The number of carbonyl (C=O) groups is 3. The molecular weight excluding hydrogens is 719 g/mol. The van der Waals surface area contributed by atoms with Crippen molar-refractivity contribution in [1.82, 2.24) is 15.1 Å². The van der Waals surface area contributed by atoms with E-state index in [4.69, 9.17) is 42.1 Å². The smallest absolute Gasteiger partial charge is 0.423 e. The molecule has 0 atom stereocenters. The molecule has 2 aromatic carbocycles. The van der Waals surface area contributed by atoms with Crippen molar-refractivity contribution in [2.45, 2.75) is 59.3 Å².